The molecule has 33 heavy (non-hydrogen) atoms. The Morgan fingerprint density at radius 3 is 1.73 bits per heavy atom. The number of halogens is 1. The molecule has 0 saturated carbocycles. The summed E-state index contributed by atoms with van der Waals surface area (Å²) in [7, 11) is 0. The van der Waals surface area contributed by atoms with E-state index in [0.29, 0.717) is 26.3 Å². The Kier molecular flexibility index (Phi) is 8.29. The van der Waals surface area contributed by atoms with Crippen LogP contribution >= 0.6 is 0 Å². The Bertz CT molecular complexity index is 700. The minimum atomic E-state index is -0.363. The molecule has 0 radical (unpaired) electrons. The van der Waals surface area contributed by atoms with Crippen molar-refractivity contribution in [2.24, 2.45) is 0 Å². The van der Waals surface area contributed by atoms with Gasteiger partial charge in [0, 0.05) is 49.3 Å². The molecule has 3 aliphatic heterocycles. The van der Waals surface area contributed by atoms with Gasteiger partial charge in [-0.3, -0.25) is 24.3 Å². The number of rotatable bonds is 11. The van der Waals surface area contributed by atoms with Gasteiger partial charge in [-0.05, 0) is 48.0 Å². The first-order valence-corrected chi connectivity index (χ1v) is 11.4. The maximum absolute atomic E-state index is 12.2. The van der Waals surface area contributed by atoms with Crippen LogP contribution in [0.5, 0.6) is 0 Å². The normalized spacial score (nSPS) is 18.9. The summed E-state index contributed by atoms with van der Waals surface area (Å²) in [5.41, 5.74) is 22.4. The van der Waals surface area contributed by atoms with E-state index < -0.39 is 0 Å². The molecule has 0 spiro atoms. The second-order valence-electron chi connectivity index (χ2n) is 10.4. The number of hydrazine groups is 6. The average Bonchev–Trinajstić information content (AvgIpc) is 3.45. The Hall–Kier alpha value is -2.25. The van der Waals surface area contributed by atoms with Crippen molar-refractivity contribution in [3.05, 3.63) is 35.7 Å². The van der Waals surface area contributed by atoms with Crippen molar-refractivity contribution >= 4 is 0 Å². The van der Waals surface area contributed by atoms with Crippen LogP contribution in [0, 0.1) is 0 Å². The Morgan fingerprint density at radius 1 is 0.788 bits per heavy atom. The van der Waals surface area contributed by atoms with Crippen molar-refractivity contribution < 1.29 is 9.13 Å². The summed E-state index contributed by atoms with van der Waals surface area (Å²) in [6.07, 6.45) is 6.62. The van der Waals surface area contributed by atoms with Crippen LogP contribution in [0.1, 0.15) is 48.0 Å². The third-order valence-electron chi connectivity index (χ3n) is 5.20. The second kappa shape index (κ2) is 10.8. The molecular formula is C21H41FN10O. The zero-order valence-corrected chi connectivity index (χ0v) is 20.8. The number of nitrogens with one attached hydrogen (secondary N) is 6. The molecule has 12 heteroatoms. The number of ether oxygens (including phenoxy) is 1. The predicted octanol–water partition coefficient (Wildman–Crippen LogP) is 0.718. The molecule has 0 aromatic heterocycles. The van der Waals surface area contributed by atoms with Crippen LogP contribution < -0.4 is 32.9 Å². The molecule has 0 fully saturated rings. The van der Waals surface area contributed by atoms with Crippen molar-refractivity contribution in [3.63, 3.8) is 0 Å². The lowest BCUT2D eigenvalue weighted by molar-refractivity contribution is 0.0268. The van der Waals surface area contributed by atoms with E-state index in [1.807, 2.05) is 11.2 Å². The lowest BCUT2D eigenvalue weighted by Gasteiger charge is -2.30. The molecule has 0 atom stereocenters. The largest absolute Gasteiger partial charge is 0.360 e. The van der Waals surface area contributed by atoms with Crippen LogP contribution in [-0.2, 0) is 4.74 Å². The van der Waals surface area contributed by atoms with Crippen LogP contribution in [-0.4, -0.2) is 70.7 Å². The Labute approximate surface area is 196 Å². The summed E-state index contributed by atoms with van der Waals surface area (Å²) in [6.45, 7) is 15.5. The molecule has 3 rings (SSSR count). The second-order valence-corrected chi connectivity index (χ2v) is 10.4. The first-order valence-electron chi connectivity index (χ1n) is 11.4. The van der Waals surface area contributed by atoms with E-state index in [1.54, 1.807) is 0 Å². The Balaban J connectivity index is 1.64. The van der Waals surface area contributed by atoms with Crippen molar-refractivity contribution in [3.8, 4) is 0 Å². The van der Waals surface area contributed by atoms with Crippen molar-refractivity contribution in [2.45, 2.75) is 59.0 Å². The summed E-state index contributed by atoms with van der Waals surface area (Å²) in [5.74, 6) is 0. The molecule has 0 unspecified atom stereocenters. The predicted molar refractivity (Wildman–Crippen MR) is 126 cm³/mol. The maximum Gasteiger partial charge on any atom is 0.134 e. The first kappa shape index (κ1) is 25.4. The van der Waals surface area contributed by atoms with E-state index in [2.05, 4.69) is 102 Å². The van der Waals surface area contributed by atoms with E-state index in [-0.39, 0.29) is 17.8 Å². The number of hydrogen-bond donors (Lipinski definition) is 6. The topological polar surface area (TPSA) is 94.4 Å². The standard InChI is InChI=1S/C21H41FN10O/c1-20(2,3)31-14-18(24-27-31)11-29(12-19-15-32(28-25-19)21(4,5)6)10-17-13-30(26-23-17)16-33-9-7-8-22/h13-15,23-28H,7-12,16H2,1-6H3. The molecule has 6 N–H and O–H groups in total. The molecule has 11 nitrogen and oxygen atoms in total. The summed E-state index contributed by atoms with van der Waals surface area (Å²) in [5, 5.41) is 5.96. The zero-order chi connectivity index (χ0) is 24.1. The van der Waals surface area contributed by atoms with Crippen LogP contribution in [0.25, 0.3) is 0 Å². The van der Waals surface area contributed by atoms with Gasteiger partial charge < -0.3 is 21.0 Å². The van der Waals surface area contributed by atoms with Crippen molar-refractivity contribution in [1.82, 2.24) is 52.8 Å². The highest BCUT2D eigenvalue weighted by atomic mass is 19.1. The molecular weight excluding hydrogens is 427 g/mol. The van der Waals surface area contributed by atoms with E-state index in [1.165, 1.54) is 0 Å². The summed E-state index contributed by atoms with van der Waals surface area (Å²) >= 11 is 0. The number of nitrogens with zero attached hydrogens (tertiary/aromatic N) is 4. The molecule has 188 valence electrons. The van der Waals surface area contributed by atoms with E-state index in [4.69, 9.17) is 4.74 Å². The molecule has 0 amide bonds. The van der Waals surface area contributed by atoms with Gasteiger partial charge in [-0.25, -0.2) is 0 Å². The SMILES string of the molecule is CC(C)(C)N1C=C(CN(CC2=CN(COCCCF)NN2)CC2=CN(C(C)(C)C)NN2)NN1. The van der Waals surface area contributed by atoms with Gasteiger partial charge >= 0.3 is 0 Å². The van der Waals surface area contributed by atoms with E-state index in [9.17, 15) is 4.39 Å². The fourth-order valence-corrected chi connectivity index (χ4v) is 3.34. The quantitative estimate of drug-likeness (QED) is 0.242. The molecule has 0 saturated heterocycles. The number of hydrogen-bond acceptors (Lipinski definition) is 11. The van der Waals surface area contributed by atoms with Gasteiger partial charge in [-0.15, -0.1) is 16.6 Å². The molecule has 3 aliphatic rings. The van der Waals surface area contributed by atoms with Gasteiger partial charge in [-0.2, -0.15) is 0 Å². The maximum atomic E-state index is 12.2. The highest BCUT2D eigenvalue weighted by Gasteiger charge is 2.27. The zero-order valence-electron chi connectivity index (χ0n) is 20.8. The smallest absolute Gasteiger partial charge is 0.134 e. The highest BCUT2D eigenvalue weighted by molar-refractivity contribution is 5.13. The highest BCUT2D eigenvalue weighted by Crippen LogP contribution is 2.18. The Morgan fingerprint density at radius 2 is 1.27 bits per heavy atom. The number of alkyl halides is 1. The minimum Gasteiger partial charge on any atom is -0.360 e. The monoisotopic (exact) mass is 468 g/mol. The minimum absolute atomic E-state index is 0.0334. The van der Waals surface area contributed by atoms with E-state index in [0.717, 1.165) is 30.2 Å². The van der Waals surface area contributed by atoms with Crippen molar-refractivity contribution in [1.29, 1.82) is 0 Å². The van der Waals surface area contributed by atoms with Gasteiger partial charge in [-0.1, -0.05) is 0 Å². The van der Waals surface area contributed by atoms with E-state index >= 15 is 0 Å². The van der Waals surface area contributed by atoms with Crippen LogP contribution in [0.15, 0.2) is 35.7 Å². The average molecular weight is 469 g/mol. The van der Waals surface area contributed by atoms with Gasteiger partial charge in [0.15, 0.2) is 0 Å². The molecule has 0 aromatic carbocycles. The summed E-state index contributed by atoms with van der Waals surface area (Å²) < 4.78 is 17.7. The lowest BCUT2D eigenvalue weighted by atomic mass is 10.1. The third kappa shape index (κ3) is 7.64. The first-order chi connectivity index (χ1) is 15.5. The van der Waals surface area contributed by atoms with Gasteiger partial charge in [0.2, 0.25) is 0 Å². The molecule has 3 heterocycles. The molecule has 0 aliphatic carbocycles. The van der Waals surface area contributed by atoms with Gasteiger partial charge in [0.05, 0.1) is 30.4 Å². The summed E-state index contributed by atoms with van der Waals surface area (Å²) in [4.78, 5) is 2.33. The summed E-state index contributed by atoms with van der Waals surface area (Å²) in [6, 6.07) is 0. The van der Waals surface area contributed by atoms with Crippen molar-refractivity contribution in [2.75, 3.05) is 39.6 Å². The van der Waals surface area contributed by atoms with Crippen LogP contribution in [0.2, 0.25) is 0 Å². The fraction of sp³-hybridized carbons (Fsp3) is 0.714. The third-order valence-corrected chi connectivity index (χ3v) is 5.20. The van der Waals surface area contributed by atoms with Gasteiger partial charge in [0.25, 0.3) is 0 Å². The fourth-order valence-electron chi connectivity index (χ4n) is 3.34. The molecule has 0 aromatic rings. The lowest BCUT2D eigenvalue weighted by Crippen LogP contribution is -2.48. The van der Waals surface area contributed by atoms with Crippen LogP contribution in [0.3, 0.4) is 0 Å². The van der Waals surface area contributed by atoms with Gasteiger partial charge in [0.1, 0.15) is 6.73 Å². The van der Waals surface area contributed by atoms with Crippen LogP contribution in [0.4, 0.5) is 4.39 Å². The molecule has 0 bridgehead atoms.